The highest BCUT2D eigenvalue weighted by atomic mass is 35.5. The molecule has 0 radical (unpaired) electrons. The van der Waals surface area contributed by atoms with Crippen molar-refractivity contribution < 1.29 is 31.7 Å². The van der Waals surface area contributed by atoms with E-state index in [4.69, 9.17) is 25.3 Å². The van der Waals surface area contributed by atoms with Crippen LogP contribution >= 0.6 is 11.6 Å². The molecule has 10 heteroatoms. The first kappa shape index (κ1) is 32.3. The van der Waals surface area contributed by atoms with Crippen molar-refractivity contribution in [2.75, 3.05) is 27.4 Å². The van der Waals surface area contributed by atoms with E-state index in [0.717, 1.165) is 17.0 Å². The highest BCUT2D eigenvalue weighted by Crippen LogP contribution is 2.55. The van der Waals surface area contributed by atoms with Gasteiger partial charge in [0.2, 0.25) is 5.75 Å². The van der Waals surface area contributed by atoms with Crippen LogP contribution in [-0.4, -0.2) is 52.3 Å². The molecule has 44 heavy (non-hydrogen) atoms. The molecule has 0 spiro atoms. The van der Waals surface area contributed by atoms with Gasteiger partial charge in [0.15, 0.2) is 17.3 Å². The maximum Gasteiger partial charge on any atom is 0.339 e. The summed E-state index contributed by atoms with van der Waals surface area (Å²) in [4.78, 5) is 30.1. The highest BCUT2D eigenvalue weighted by Gasteiger charge is 2.49. The van der Waals surface area contributed by atoms with Crippen LogP contribution in [0.1, 0.15) is 70.4 Å². The Labute approximate surface area is 265 Å². The van der Waals surface area contributed by atoms with Crippen LogP contribution in [0.4, 0.5) is 0 Å². The number of hydrogen-bond acceptors (Lipinski definition) is 8. The Morgan fingerprint density at radius 2 is 1.43 bits per heavy atom. The van der Waals surface area contributed by atoms with Crippen LogP contribution < -0.4 is 8.92 Å². The molecular formula is C34H40ClNO7S. The molecule has 0 fully saturated rings. The summed E-state index contributed by atoms with van der Waals surface area (Å²) in [5.74, 6) is -0.802. The number of carbonyl (C=O) groups excluding carboxylic acids is 2. The molecule has 8 nitrogen and oxygen atoms in total. The normalized spacial score (nSPS) is 20.0. The summed E-state index contributed by atoms with van der Waals surface area (Å²) in [6.45, 7) is 11.1. The minimum absolute atomic E-state index is 0.00618. The number of carbonyl (C=O) groups is 2. The Bertz CT molecular complexity index is 1630. The maximum atomic E-state index is 14.0. The lowest BCUT2D eigenvalue weighted by Gasteiger charge is -2.49. The van der Waals surface area contributed by atoms with Crippen LogP contribution in [0.25, 0.3) is 0 Å². The van der Waals surface area contributed by atoms with Gasteiger partial charge in [0.25, 0.3) is 0 Å². The van der Waals surface area contributed by atoms with E-state index >= 15 is 0 Å². The van der Waals surface area contributed by atoms with Gasteiger partial charge in [0.05, 0.1) is 18.7 Å². The molecule has 0 atom stereocenters. The van der Waals surface area contributed by atoms with Crippen molar-refractivity contribution in [3.8, 4) is 11.5 Å². The van der Waals surface area contributed by atoms with E-state index in [9.17, 15) is 18.0 Å². The van der Waals surface area contributed by atoms with Gasteiger partial charge >= 0.3 is 10.1 Å². The molecule has 0 N–H and O–H groups in total. The molecule has 3 aliphatic rings. The Balaban J connectivity index is 1.69. The van der Waals surface area contributed by atoms with Crippen molar-refractivity contribution in [1.82, 2.24) is 4.90 Å². The first-order valence-electron chi connectivity index (χ1n) is 14.7. The second kappa shape index (κ2) is 11.7. The van der Waals surface area contributed by atoms with Gasteiger partial charge in [0, 0.05) is 55.0 Å². The predicted molar refractivity (Wildman–Crippen MR) is 168 cm³/mol. The molecule has 1 heterocycles. The molecule has 2 aromatic rings. The van der Waals surface area contributed by atoms with Crippen molar-refractivity contribution >= 4 is 33.3 Å². The molecule has 0 aromatic heterocycles. The number of ketones is 2. The summed E-state index contributed by atoms with van der Waals surface area (Å²) in [6.07, 6.45) is 1.98. The van der Waals surface area contributed by atoms with E-state index in [2.05, 4.69) is 32.6 Å². The predicted octanol–water partition coefficient (Wildman–Crippen LogP) is 6.76. The SMILES string of the molecule is COCCN1C2=C(C(=O)CC(C)(C)C2)C(c2cc(Cl)c(OS(=O)(=O)c3ccc(C)cc3)c(OC)c2)C2=C1CC(C)(C)CC2=O. The average molecular weight is 642 g/mol. The van der Waals surface area contributed by atoms with Gasteiger partial charge in [-0.3, -0.25) is 9.59 Å². The lowest BCUT2D eigenvalue weighted by atomic mass is 9.63. The zero-order chi connectivity index (χ0) is 32.2. The third-order valence-electron chi connectivity index (χ3n) is 8.63. The first-order chi connectivity index (χ1) is 20.6. The molecule has 0 saturated heterocycles. The van der Waals surface area contributed by atoms with Crippen LogP contribution in [0, 0.1) is 17.8 Å². The van der Waals surface area contributed by atoms with Crippen LogP contribution in [0.5, 0.6) is 11.5 Å². The number of halogens is 1. The molecule has 5 rings (SSSR count). The van der Waals surface area contributed by atoms with Crippen molar-refractivity contribution in [1.29, 1.82) is 0 Å². The summed E-state index contributed by atoms with van der Waals surface area (Å²) in [5.41, 5.74) is 3.88. The zero-order valence-electron chi connectivity index (χ0n) is 26.4. The Morgan fingerprint density at radius 3 is 1.93 bits per heavy atom. The molecule has 236 valence electrons. The van der Waals surface area contributed by atoms with Crippen LogP contribution in [0.15, 0.2) is 63.8 Å². The number of benzene rings is 2. The van der Waals surface area contributed by atoms with Gasteiger partial charge in [-0.25, -0.2) is 0 Å². The molecule has 1 aliphatic heterocycles. The summed E-state index contributed by atoms with van der Waals surface area (Å²) < 4.78 is 42.9. The van der Waals surface area contributed by atoms with E-state index in [0.29, 0.717) is 55.5 Å². The van der Waals surface area contributed by atoms with Crippen molar-refractivity contribution in [3.05, 3.63) is 75.1 Å². The van der Waals surface area contributed by atoms with Gasteiger partial charge in [-0.2, -0.15) is 8.42 Å². The zero-order valence-corrected chi connectivity index (χ0v) is 27.9. The molecule has 0 amide bonds. The van der Waals surface area contributed by atoms with Crippen molar-refractivity contribution in [2.24, 2.45) is 10.8 Å². The molecule has 2 aliphatic carbocycles. The van der Waals surface area contributed by atoms with E-state index in [1.807, 2.05) is 6.92 Å². The first-order valence-corrected chi connectivity index (χ1v) is 16.5. The van der Waals surface area contributed by atoms with E-state index in [1.165, 1.54) is 19.2 Å². The van der Waals surface area contributed by atoms with E-state index in [1.54, 1.807) is 31.4 Å². The van der Waals surface area contributed by atoms with Crippen LogP contribution in [-0.2, 0) is 24.4 Å². The second-order valence-electron chi connectivity index (χ2n) is 13.6. The number of rotatable bonds is 8. The summed E-state index contributed by atoms with van der Waals surface area (Å²) in [7, 11) is -1.20. The monoisotopic (exact) mass is 641 g/mol. The minimum atomic E-state index is -4.23. The number of aryl methyl sites for hydroxylation is 1. The smallest absolute Gasteiger partial charge is 0.339 e. The number of nitrogens with zero attached hydrogens (tertiary/aromatic N) is 1. The number of ether oxygens (including phenoxy) is 2. The minimum Gasteiger partial charge on any atom is -0.493 e. The van der Waals surface area contributed by atoms with Gasteiger partial charge in [-0.15, -0.1) is 0 Å². The van der Waals surface area contributed by atoms with Gasteiger partial charge in [-0.05, 0) is 60.4 Å². The lowest BCUT2D eigenvalue weighted by molar-refractivity contribution is -0.119. The Hall–Kier alpha value is -3.14. The Morgan fingerprint density at radius 1 is 0.886 bits per heavy atom. The number of Topliss-reactive ketones (excluding diaryl/α,β-unsaturated/α-hetero) is 2. The van der Waals surface area contributed by atoms with Gasteiger partial charge in [-0.1, -0.05) is 57.0 Å². The third kappa shape index (κ3) is 6.06. The highest BCUT2D eigenvalue weighted by molar-refractivity contribution is 7.87. The maximum absolute atomic E-state index is 14.0. The largest absolute Gasteiger partial charge is 0.493 e. The molecule has 0 bridgehead atoms. The summed E-state index contributed by atoms with van der Waals surface area (Å²) in [6, 6.07) is 9.51. The van der Waals surface area contributed by atoms with E-state index in [-0.39, 0.29) is 43.8 Å². The lowest BCUT2D eigenvalue weighted by Crippen LogP contribution is -2.45. The Kier molecular flexibility index (Phi) is 8.55. The van der Waals surface area contributed by atoms with Crippen molar-refractivity contribution in [2.45, 2.75) is 71.1 Å². The molecule has 0 unspecified atom stereocenters. The van der Waals surface area contributed by atoms with Crippen LogP contribution in [0.2, 0.25) is 5.02 Å². The topological polar surface area (TPSA) is 99.2 Å². The van der Waals surface area contributed by atoms with Gasteiger partial charge < -0.3 is 18.6 Å². The molecular weight excluding hydrogens is 602 g/mol. The fourth-order valence-corrected chi connectivity index (χ4v) is 7.94. The second-order valence-corrected chi connectivity index (χ2v) is 15.5. The van der Waals surface area contributed by atoms with Crippen molar-refractivity contribution in [3.63, 3.8) is 0 Å². The fourth-order valence-electron chi connectivity index (χ4n) is 6.68. The van der Waals surface area contributed by atoms with Crippen LogP contribution in [0.3, 0.4) is 0 Å². The van der Waals surface area contributed by atoms with Gasteiger partial charge in [0.1, 0.15) is 4.90 Å². The summed E-state index contributed by atoms with van der Waals surface area (Å²) in [5, 5.41) is -0.00618. The average Bonchev–Trinajstić information content (AvgIpc) is 2.91. The number of hydrogen-bond donors (Lipinski definition) is 0. The number of methoxy groups -OCH3 is 2. The molecule has 0 saturated carbocycles. The third-order valence-corrected chi connectivity index (χ3v) is 10.1. The molecule has 2 aromatic carbocycles. The quantitative estimate of drug-likeness (QED) is 0.292. The summed E-state index contributed by atoms with van der Waals surface area (Å²) >= 11 is 6.76. The van der Waals surface area contributed by atoms with E-state index < -0.39 is 16.0 Å². The number of allylic oxidation sites excluding steroid dienone is 4. The standard InChI is InChI=1S/C34H40ClNO7S/c1-20-8-10-22(11-9-20)44(39,40)43-32-23(35)14-21(15-28(32)42-7)29-30-24(16-33(2,3)18-26(30)37)36(12-13-41-6)25-17-34(4,5)19-27(38)31(25)29/h8-11,14-15,29H,12-13,16-19H2,1-7H3. The fraction of sp³-hybridized carbons (Fsp3) is 0.471.